The second-order valence-electron chi connectivity index (χ2n) is 5.91. The third-order valence-electron chi connectivity index (χ3n) is 4.03. The Labute approximate surface area is 163 Å². The van der Waals surface area contributed by atoms with Crippen LogP contribution < -0.4 is 5.32 Å². The van der Waals surface area contributed by atoms with E-state index in [1.165, 1.54) is 12.1 Å². The van der Waals surface area contributed by atoms with Crippen LogP contribution in [0.4, 0.5) is 13.2 Å². The van der Waals surface area contributed by atoms with E-state index in [2.05, 4.69) is 15.3 Å². The zero-order valence-corrected chi connectivity index (χ0v) is 15.6. The summed E-state index contributed by atoms with van der Waals surface area (Å²) < 4.78 is 47.0. The fourth-order valence-corrected chi connectivity index (χ4v) is 2.97. The molecule has 0 amide bonds. The number of carbonyl (C=O) groups is 1. The average Bonchev–Trinajstić information content (AvgIpc) is 2.61. The fraction of sp³-hybridized carbons (Fsp3) is 0.211. The lowest BCUT2D eigenvalue weighted by Crippen LogP contribution is -2.34. The first-order chi connectivity index (χ1) is 13.3. The molecule has 1 aliphatic rings. The Morgan fingerprint density at radius 2 is 2.00 bits per heavy atom. The van der Waals surface area contributed by atoms with Gasteiger partial charge in [-0.05, 0) is 26.0 Å². The number of rotatable bonds is 4. The number of pyridine rings is 1. The van der Waals surface area contributed by atoms with Crippen LogP contribution in [0.3, 0.4) is 0 Å². The summed E-state index contributed by atoms with van der Waals surface area (Å²) in [5, 5.41) is 2.94. The number of esters is 1. The van der Waals surface area contributed by atoms with Gasteiger partial charge in [-0.1, -0.05) is 17.7 Å². The molecule has 1 aromatic carbocycles. The van der Waals surface area contributed by atoms with Crippen LogP contribution in [0.25, 0.3) is 0 Å². The maximum Gasteiger partial charge on any atom is 0.338 e. The predicted molar refractivity (Wildman–Crippen MR) is 97.3 cm³/mol. The largest absolute Gasteiger partial charge is 0.463 e. The maximum absolute atomic E-state index is 14.6. The van der Waals surface area contributed by atoms with Gasteiger partial charge >= 0.3 is 5.97 Å². The second kappa shape index (κ2) is 8.02. The zero-order chi connectivity index (χ0) is 20.4. The van der Waals surface area contributed by atoms with Crippen molar-refractivity contribution in [2.75, 3.05) is 6.61 Å². The predicted octanol–water partition coefficient (Wildman–Crippen LogP) is 4.08. The van der Waals surface area contributed by atoms with E-state index in [1.807, 2.05) is 0 Å². The number of ether oxygens (including phenoxy) is 1. The molecule has 3 rings (SSSR count). The summed E-state index contributed by atoms with van der Waals surface area (Å²) in [6, 6.07) is 3.45. The van der Waals surface area contributed by atoms with Gasteiger partial charge in [0.25, 0.3) is 0 Å². The summed E-state index contributed by atoms with van der Waals surface area (Å²) >= 11 is 5.81. The van der Waals surface area contributed by atoms with Crippen LogP contribution in [0.1, 0.15) is 31.1 Å². The SMILES string of the molecule is CCOC(=O)C1=C(C)NC(c2ncc(F)cc2F)=NC1c1ccc(Cl)cc1F. The molecule has 1 aromatic heterocycles. The number of nitrogens with one attached hydrogen (secondary N) is 1. The molecular weight excluding hydrogens is 395 g/mol. The number of allylic oxidation sites excluding steroid dienone is 1. The van der Waals surface area contributed by atoms with Crippen molar-refractivity contribution >= 4 is 23.4 Å². The average molecular weight is 410 g/mol. The molecule has 2 heterocycles. The monoisotopic (exact) mass is 409 g/mol. The summed E-state index contributed by atoms with van der Waals surface area (Å²) in [5.41, 5.74) is 0.138. The Kier molecular flexibility index (Phi) is 5.69. The van der Waals surface area contributed by atoms with E-state index in [0.717, 1.165) is 12.3 Å². The third kappa shape index (κ3) is 3.87. The molecule has 0 aliphatic carbocycles. The Bertz CT molecular complexity index is 1010. The highest BCUT2D eigenvalue weighted by Gasteiger charge is 2.33. The molecule has 0 radical (unpaired) electrons. The molecule has 1 N–H and O–H groups in total. The number of halogens is 4. The van der Waals surface area contributed by atoms with Crippen molar-refractivity contribution in [3.63, 3.8) is 0 Å². The lowest BCUT2D eigenvalue weighted by molar-refractivity contribution is -0.138. The quantitative estimate of drug-likeness (QED) is 0.773. The highest BCUT2D eigenvalue weighted by molar-refractivity contribution is 6.30. The van der Waals surface area contributed by atoms with Crippen molar-refractivity contribution in [1.29, 1.82) is 0 Å². The minimum absolute atomic E-state index is 0.0494. The molecule has 0 saturated heterocycles. The second-order valence-corrected chi connectivity index (χ2v) is 6.35. The van der Waals surface area contributed by atoms with E-state index in [4.69, 9.17) is 16.3 Å². The third-order valence-corrected chi connectivity index (χ3v) is 4.26. The highest BCUT2D eigenvalue weighted by atomic mass is 35.5. The van der Waals surface area contributed by atoms with Crippen molar-refractivity contribution < 1.29 is 22.7 Å². The Balaban J connectivity index is 2.15. The summed E-state index contributed by atoms with van der Waals surface area (Å²) in [5.74, 6) is -3.25. The van der Waals surface area contributed by atoms with E-state index in [-0.39, 0.29) is 40.0 Å². The molecule has 0 saturated carbocycles. The van der Waals surface area contributed by atoms with Gasteiger partial charge in [-0.3, -0.25) is 4.99 Å². The lowest BCUT2D eigenvalue weighted by atomic mass is 9.95. The van der Waals surface area contributed by atoms with Gasteiger partial charge in [0.2, 0.25) is 0 Å². The Morgan fingerprint density at radius 3 is 2.64 bits per heavy atom. The van der Waals surface area contributed by atoms with Gasteiger partial charge in [0, 0.05) is 22.3 Å². The van der Waals surface area contributed by atoms with Crippen molar-refractivity contribution in [1.82, 2.24) is 10.3 Å². The van der Waals surface area contributed by atoms with Crippen LogP contribution >= 0.6 is 11.6 Å². The van der Waals surface area contributed by atoms with Crippen molar-refractivity contribution in [2.24, 2.45) is 4.99 Å². The molecule has 0 fully saturated rings. The summed E-state index contributed by atoms with van der Waals surface area (Å²) in [4.78, 5) is 20.4. The Hall–Kier alpha value is -2.87. The number of benzene rings is 1. The summed E-state index contributed by atoms with van der Waals surface area (Å²) in [6.45, 7) is 3.29. The minimum Gasteiger partial charge on any atom is -0.463 e. The van der Waals surface area contributed by atoms with E-state index in [9.17, 15) is 18.0 Å². The van der Waals surface area contributed by atoms with Crippen LogP contribution in [-0.4, -0.2) is 23.4 Å². The van der Waals surface area contributed by atoms with E-state index in [1.54, 1.807) is 13.8 Å². The number of hydrogen-bond acceptors (Lipinski definition) is 5. The molecule has 9 heteroatoms. The van der Waals surface area contributed by atoms with Crippen LogP contribution in [-0.2, 0) is 9.53 Å². The molecule has 1 atom stereocenters. The van der Waals surface area contributed by atoms with Crippen LogP contribution in [0.5, 0.6) is 0 Å². The standard InChI is InChI=1S/C19H15ClF3N3O2/c1-3-28-19(27)15-9(2)25-18(17-14(23)7-11(21)8-24-17)26-16(15)12-5-4-10(20)6-13(12)22/h4-8,16H,3H2,1-2H3,(H,25,26). The lowest BCUT2D eigenvalue weighted by Gasteiger charge is -2.26. The van der Waals surface area contributed by atoms with Crippen LogP contribution in [0.15, 0.2) is 46.7 Å². The van der Waals surface area contributed by atoms with Crippen LogP contribution in [0, 0.1) is 17.5 Å². The van der Waals surface area contributed by atoms with Crippen molar-refractivity contribution in [3.8, 4) is 0 Å². The van der Waals surface area contributed by atoms with Gasteiger partial charge in [-0.25, -0.2) is 22.9 Å². The smallest absolute Gasteiger partial charge is 0.338 e. The first-order valence-electron chi connectivity index (χ1n) is 8.30. The number of aliphatic imine (C=N–C) groups is 1. The molecule has 0 spiro atoms. The van der Waals surface area contributed by atoms with Gasteiger partial charge in [0.05, 0.1) is 18.4 Å². The van der Waals surface area contributed by atoms with Crippen molar-refractivity contribution in [3.05, 3.63) is 75.5 Å². The van der Waals surface area contributed by atoms with Crippen LogP contribution in [0.2, 0.25) is 5.02 Å². The molecule has 146 valence electrons. The summed E-state index contributed by atoms with van der Waals surface area (Å²) in [6.07, 6.45) is 0.834. The topological polar surface area (TPSA) is 63.6 Å². The number of hydrogen-bond donors (Lipinski definition) is 1. The van der Waals surface area contributed by atoms with Gasteiger partial charge in [0.15, 0.2) is 11.7 Å². The van der Waals surface area contributed by atoms with Gasteiger partial charge in [0.1, 0.15) is 23.4 Å². The number of amidine groups is 1. The molecule has 5 nitrogen and oxygen atoms in total. The molecule has 0 bridgehead atoms. The van der Waals surface area contributed by atoms with E-state index >= 15 is 0 Å². The molecular formula is C19H15ClF3N3O2. The summed E-state index contributed by atoms with van der Waals surface area (Å²) in [7, 11) is 0. The Morgan fingerprint density at radius 1 is 1.25 bits per heavy atom. The highest BCUT2D eigenvalue weighted by Crippen LogP contribution is 2.34. The zero-order valence-electron chi connectivity index (χ0n) is 14.9. The first kappa shape index (κ1) is 19.9. The van der Waals surface area contributed by atoms with Gasteiger partial charge in [-0.2, -0.15) is 0 Å². The molecule has 1 unspecified atom stereocenters. The molecule has 2 aromatic rings. The van der Waals surface area contributed by atoms with Crippen molar-refractivity contribution in [2.45, 2.75) is 19.9 Å². The van der Waals surface area contributed by atoms with E-state index in [0.29, 0.717) is 6.07 Å². The number of aromatic nitrogens is 1. The van der Waals surface area contributed by atoms with Gasteiger partial charge < -0.3 is 10.1 Å². The first-order valence-corrected chi connectivity index (χ1v) is 8.68. The molecule has 28 heavy (non-hydrogen) atoms. The maximum atomic E-state index is 14.6. The van der Waals surface area contributed by atoms with E-state index < -0.39 is 29.5 Å². The fourth-order valence-electron chi connectivity index (χ4n) is 2.81. The normalized spacial score (nSPS) is 16.5. The number of carbonyl (C=O) groups excluding carboxylic acids is 1. The number of nitrogens with zero attached hydrogens (tertiary/aromatic N) is 2. The minimum atomic E-state index is -1.13. The van der Waals surface area contributed by atoms with Gasteiger partial charge in [-0.15, -0.1) is 0 Å². The molecule has 1 aliphatic heterocycles.